The molecule has 0 spiro atoms. The zero-order valence-electron chi connectivity index (χ0n) is 9.06. The van der Waals surface area contributed by atoms with Gasteiger partial charge in [-0.3, -0.25) is 0 Å². The summed E-state index contributed by atoms with van der Waals surface area (Å²) in [7, 11) is 0. The number of hydrogen-bond donors (Lipinski definition) is 1. The van der Waals surface area contributed by atoms with Gasteiger partial charge in [-0.1, -0.05) is 0 Å². The van der Waals surface area contributed by atoms with Crippen molar-refractivity contribution in [2.24, 2.45) is 0 Å². The van der Waals surface area contributed by atoms with Crippen molar-refractivity contribution in [3.63, 3.8) is 0 Å². The van der Waals surface area contributed by atoms with Crippen LogP contribution in [0.25, 0.3) is 0 Å². The SMILES string of the molecule is OCC1OCCCC1OC1CCCCO1. The van der Waals surface area contributed by atoms with Crippen LogP contribution in [0.1, 0.15) is 32.1 Å². The lowest BCUT2D eigenvalue weighted by atomic mass is 10.1. The van der Waals surface area contributed by atoms with Crippen molar-refractivity contribution in [2.75, 3.05) is 19.8 Å². The Balaban J connectivity index is 1.79. The molecule has 0 aromatic carbocycles. The first kappa shape index (κ1) is 11.3. The normalized spacial score (nSPS) is 37.8. The van der Waals surface area contributed by atoms with Gasteiger partial charge in [0, 0.05) is 13.2 Å². The molecule has 2 heterocycles. The predicted molar refractivity (Wildman–Crippen MR) is 54.5 cm³/mol. The molecule has 0 saturated carbocycles. The third kappa shape index (κ3) is 3.14. The maximum Gasteiger partial charge on any atom is 0.158 e. The van der Waals surface area contributed by atoms with E-state index in [0.717, 1.165) is 38.9 Å². The average molecular weight is 216 g/mol. The second-order valence-corrected chi connectivity index (χ2v) is 4.20. The fourth-order valence-corrected chi connectivity index (χ4v) is 2.15. The number of aliphatic hydroxyl groups excluding tert-OH is 1. The van der Waals surface area contributed by atoms with E-state index in [-0.39, 0.29) is 25.1 Å². The van der Waals surface area contributed by atoms with Gasteiger partial charge < -0.3 is 19.3 Å². The summed E-state index contributed by atoms with van der Waals surface area (Å²) >= 11 is 0. The van der Waals surface area contributed by atoms with Gasteiger partial charge in [0.15, 0.2) is 6.29 Å². The molecule has 2 aliphatic rings. The van der Waals surface area contributed by atoms with Crippen molar-refractivity contribution >= 4 is 0 Å². The van der Waals surface area contributed by atoms with Crippen molar-refractivity contribution < 1.29 is 19.3 Å². The molecule has 2 fully saturated rings. The topological polar surface area (TPSA) is 47.9 Å². The number of hydrogen-bond acceptors (Lipinski definition) is 4. The summed E-state index contributed by atoms with van der Waals surface area (Å²) in [4.78, 5) is 0. The molecule has 4 nitrogen and oxygen atoms in total. The van der Waals surface area contributed by atoms with Crippen molar-refractivity contribution in [3.8, 4) is 0 Å². The molecule has 1 N–H and O–H groups in total. The molecule has 0 bridgehead atoms. The second kappa shape index (κ2) is 5.80. The van der Waals surface area contributed by atoms with Gasteiger partial charge in [0.25, 0.3) is 0 Å². The predicted octanol–water partition coefficient (Wildman–Crippen LogP) is 1.07. The van der Waals surface area contributed by atoms with Crippen molar-refractivity contribution in [1.29, 1.82) is 0 Å². The van der Waals surface area contributed by atoms with E-state index in [1.165, 1.54) is 6.42 Å². The van der Waals surface area contributed by atoms with E-state index < -0.39 is 0 Å². The third-order valence-electron chi connectivity index (χ3n) is 3.02. The molecule has 0 aliphatic carbocycles. The van der Waals surface area contributed by atoms with E-state index in [4.69, 9.17) is 19.3 Å². The lowest BCUT2D eigenvalue weighted by Gasteiger charge is -2.34. The third-order valence-corrected chi connectivity index (χ3v) is 3.02. The quantitative estimate of drug-likeness (QED) is 0.766. The molecule has 3 unspecified atom stereocenters. The van der Waals surface area contributed by atoms with Gasteiger partial charge in [0.2, 0.25) is 0 Å². The summed E-state index contributed by atoms with van der Waals surface area (Å²) < 4.78 is 16.8. The molecule has 15 heavy (non-hydrogen) atoms. The van der Waals surface area contributed by atoms with Crippen LogP contribution in [0.15, 0.2) is 0 Å². The van der Waals surface area contributed by atoms with Gasteiger partial charge in [-0.05, 0) is 32.1 Å². The van der Waals surface area contributed by atoms with Gasteiger partial charge in [-0.15, -0.1) is 0 Å². The van der Waals surface area contributed by atoms with Crippen LogP contribution in [0.5, 0.6) is 0 Å². The van der Waals surface area contributed by atoms with Crippen LogP contribution in [0.4, 0.5) is 0 Å². The van der Waals surface area contributed by atoms with Crippen LogP contribution in [-0.2, 0) is 14.2 Å². The Hall–Kier alpha value is -0.160. The minimum atomic E-state index is -0.163. The van der Waals surface area contributed by atoms with Crippen LogP contribution in [0.3, 0.4) is 0 Å². The Kier molecular flexibility index (Phi) is 4.38. The Bertz CT molecular complexity index is 179. The molecule has 2 aliphatic heterocycles. The van der Waals surface area contributed by atoms with Gasteiger partial charge in [-0.2, -0.15) is 0 Å². The van der Waals surface area contributed by atoms with E-state index in [1.54, 1.807) is 0 Å². The highest BCUT2D eigenvalue weighted by Gasteiger charge is 2.29. The highest BCUT2D eigenvalue weighted by molar-refractivity contribution is 4.75. The standard InChI is InChI=1S/C11H20O4/c12-8-10-9(4-3-7-13-10)15-11-5-1-2-6-14-11/h9-12H,1-8H2. The summed E-state index contributed by atoms with van der Waals surface area (Å²) in [5, 5.41) is 9.15. The van der Waals surface area contributed by atoms with Gasteiger partial charge in [0.05, 0.1) is 12.7 Å². The minimum absolute atomic E-state index is 0.00634. The highest BCUT2D eigenvalue weighted by atomic mass is 16.7. The van der Waals surface area contributed by atoms with Crippen molar-refractivity contribution in [1.82, 2.24) is 0 Å². The Morgan fingerprint density at radius 3 is 2.67 bits per heavy atom. The molecule has 3 atom stereocenters. The summed E-state index contributed by atoms with van der Waals surface area (Å²) in [6, 6.07) is 0. The first-order chi connectivity index (χ1) is 7.40. The fourth-order valence-electron chi connectivity index (χ4n) is 2.15. The van der Waals surface area contributed by atoms with Crippen LogP contribution < -0.4 is 0 Å². The summed E-state index contributed by atoms with van der Waals surface area (Å²) in [5.41, 5.74) is 0. The van der Waals surface area contributed by atoms with Crippen LogP contribution in [0, 0.1) is 0 Å². The monoisotopic (exact) mass is 216 g/mol. The van der Waals surface area contributed by atoms with Gasteiger partial charge >= 0.3 is 0 Å². The molecule has 2 saturated heterocycles. The molecule has 2 rings (SSSR count). The zero-order valence-corrected chi connectivity index (χ0v) is 9.06. The average Bonchev–Trinajstić information content (AvgIpc) is 2.31. The van der Waals surface area contributed by atoms with Crippen LogP contribution in [0.2, 0.25) is 0 Å². The Labute approximate surface area is 90.5 Å². The fraction of sp³-hybridized carbons (Fsp3) is 1.00. The minimum Gasteiger partial charge on any atom is -0.394 e. The number of rotatable bonds is 3. The maximum atomic E-state index is 9.15. The van der Waals surface area contributed by atoms with Crippen LogP contribution in [-0.4, -0.2) is 43.4 Å². The number of ether oxygens (including phenoxy) is 3. The van der Waals surface area contributed by atoms with Gasteiger partial charge in [-0.25, -0.2) is 0 Å². The summed E-state index contributed by atoms with van der Waals surface area (Å²) in [6.07, 6.45) is 5.00. The summed E-state index contributed by atoms with van der Waals surface area (Å²) in [6.45, 7) is 1.57. The largest absolute Gasteiger partial charge is 0.394 e. The van der Waals surface area contributed by atoms with Crippen LogP contribution >= 0.6 is 0 Å². The lowest BCUT2D eigenvalue weighted by molar-refractivity contribution is -0.227. The van der Waals surface area contributed by atoms with E-state index >= 15 is 0 Å². The molecule has 4 heteroatoms. The van der Waals surface area contributed by atoms with Crippen molar-refractivity contribution in [2.45, 2.75) is 50.6 Å². The first-order valence-corrected chi connectivity index (χ1v) is 5.89. The van der Waals surface area contributed by atoms with E-state index in [2.05, 4.69) is 0 Å². The lowest BCUT2D eigenvalue weighted by Crippen LogP contribution is -2.42. The van der Waals surface area contributed by atoms with E-state index in [0.29, 0.717) is 0 Å². The smallest absolute Gasteiger partial charge is 0.158 e. The Morgan fingerprint density at radius 1 is 1.07 bits per heavy atom. The molecule has 88 valence electrons. The van der Waals surface area contributed by atoms with Crippen molar-refractivity contribution in [3.05, 3.63) is 0 Å². The highest BCUT2D eigenvalue weighted by Crippen LogP contribution is 2.22. The second-order valence-electron chi connectivity index (χ2n) is 4.20. The first-order valence-electron chi connectivity index (χ1n) is 5.89. The number of aliphatic hydroxyl groups is 1. The molecule has 0 amide bonds. The maximum absolute atomic E-state index is 9.15. The molecular formula is C11H20O4. The molecule has 0 radical (unpaired) electrons. The van der Waals surface area contributed by atoms with E-state index in [1.807, 2.05) is 0 Å². The zero-order chi connectivity index (χ0) is 10.5. The van der Waals surface area contributed by atoms with Gasteiger partial charge in [0.1, 0.15) is 6.10 Å². The molecule has 0 aromatic rings. The summed E-state index contributed by atoms with van der Waals surface area (Å²) in [5.74, 6) is 0. The molecular weight excluding hydrogens is 196 g/mol. The van der Waals surface area contributed by atoms with E-state index in [9.17, 15) is 0 Å². The molecule has 0 aromatic heterocycles. The Morgan fingerprint density at radius 2 is 1.93 bits per heavy atom.